The molecule has 1 atom stereocenters. The number of anilines is 1. The van der Waals surface area contributed by atoms with E-state index in [1.165, 1.54) is 0 Å². The number of fused-ring (bicyclic) bond motifs is 1. The topological polar surface area (TPSA) is 75.8 Å². The highest BCUT2D eigenvalue weighted by molar-refractivity contribution is 5.55. The highest BCUT2D eigenvalue weighted by atomic mass is 14.6. The zero-order valence-electron chi connectivity index (χ0n) is 7.96. The van der Waals surface area contributed by atoms with Gasteiger partial charge in [-0.2, -0.15) is 5.26 Å². The maximum absolute atomic E-state index is 8.96. The summed E-state index contributed by atoms with van der Waals surface area (Å²) in [7, 11) is 0. The standard InChI is InChI=1S/C11H13N3/c12-6-7-4-8(13)5-10-9(7)2-1-3-11(10)14/h4-5,11H,1-3,13-14H2. The molecule has 72 valence electrons. The van der Waals surface area contributed by atoms with Gasteiger partial charge in [-0.05, 0) is 42.5 Å². The Labute approximate surface area is 83.3 Å². The molecule has 1 aliphatic carbocycles. The SMILES string of the molecule is N#Cc1cc(N)cc2c1CCCC2N. The molecule has 0 bridgehead atoms. The van der Waals surface area contributed by atoms with E-state index in [4.69, 9.17) is 16.7 Å². The van der Waals surface area contributed by atoms with Crippen LogP contribution < -0.4 is 11.5 Å². The number of nitrogen functional groups attached to an aromatic ring is 1. The van der Waals surface area contributed by atoms with Crippen LogP contribution in [-0.2, 0) is 6.42 Å². The number of hydrogen-bond acceptors (Lipinski definition) is 3. The molecule has 3 heteroatoms. The molecule has 2 rings (SSSR count). The van der Waals surface area contributed by atoms with Crippen LogP contribution in [-0.4, -0.2) is 0 Å². The highest BCUT2D eigenvalue weighted by Gasteiger charge is 2.19. The largest absolute Gasteiger partial charge is 0.399 e. The van der Waals surface area contributed by atoms with Gasteiger partial charge in [0, 0.05) is 11.7 Å². The molecule has 0 radical (unpaired) electrons. The van der Waals surface area contributed by atoms with Crippen molar-refractivity contribution in [3.05, 3.63) is 28.8 Å². The average Bonchev–Trinajstić information content (AvgIpc) is 2.18. The van der Waals surface area contributed by atoms with E-state index in [-0.39, 0.29) is 6.04 Å². The molecule has 0 spiro atoms. The third-order valence-corrected chi connectivity index (χ3v) is 2.77. The van der Waals surface area contributed by atoms with Crippen LogP contribution in [0.25, 0.3) is 0 Å². The Kier molecular flexibility index (Phi) is 2.14. The third-order valence-electron chi connectivity index (χ3n) is 2.77. The monoisotopic (exact) mass is 187 g/mol. The lowest BCUT2D eigenvalue weighted by Gasteiger charge is -2.23. The number of benzene rings is 1. The van der Waals surface area contributed by atoms with Crippen LogP contribution in [0.2, 0.25) is 0 Å². The molecule has 0 saturated carbocycles. The van der Waals surface area contributed by atoms with E-state index in [1.54, 1.807) is 6.07 Å². The summed E-state index contributed by atoms with van der Waals surface area (Å²) in [5.74, 6) is 0. The Hall–Kier alpha value is -1.53. The fourth-order valence-corrected chi connectivity index (χ4v) is 2.08. The number of hydrogen-bond donors (Lipinski definition) is 2. The molecule has 1 aromatic carbocycles. The zero-order valence-corrected chi connectivity index (χ0v) is 7.96. The second kappa shape index (κ2) is 3.32. The fourth-order valence-electron chi connectivity index (χ4n) is 2.08. The third kappa shape index (κ3) is 1.34. The summed E-state index contributed by atoms with van der Waals surface area (Å²) in [6.45, 7) is 0. The number of rotatable bonds is 0. The Morgan fingerprint density at radius 2 is 2.21 bits per heavy atom. The van der Waals surface area contributed by atoms with E-state index in [0.717, 1.165) is 30.4 Å². The van der Waals surface area contributed by atoms with Gasteiger partial charge in [0.1, 0.15) is 0 Å². The van der Waals surface area contributed by atoms with Crippen molar-refractivity contribution < 1.29 is 0 Å². The van der Waals surface area contributed by atoms with Gasteiger partial charge < -0.3 is 11.5 Å². The van der Waals surface area contributed by atoms with E-state index in [2.05, 4.69) is 6.07 Å². The van der Waals surface area contributed by atoms with Crippen LogP contribution in [0.1, 0.15) is 35.6 Å². The molecule has 1 unspecified atom stereocenters. The molecular weight excluding hydrogens is 174 g/mol. The number of nitrogens with two attached hydrogens (primary N) is 2. The molecule has 0 aromatic heterocycles. The number of nitrogens with zero attached hydrogens (tertiary/aromatic N) is 1. The van der Waals surface area contributed by atoms with Crippen molar-refractivity contribution >= 4 is 5.69 Å². The second-order valence-corrected chi connectivity index (χ2v) is 3.75. The first-order chi connectivity index (χ1) is 6.72. The van der Waals surface area contributed by atoms with Crippen molar-refractivity contribution in [2.24, 2.45) is 5.73 Å². The van der Waals surface area contributed by atoms with Crippen molar-refractivity contribution in [3.8, 4) is 6.07 Å². The molecule has 14 heavy (non-hydrogen) atoms. The van der Waals surface area contributed by atoms with Gasteiger partial charge in [0.2, 0.25) is 0 Å². The van der Waals surface area contributed by atoms with Crippen LogP contribution >= 0.6 is 0 Å². The van der Waals surface area contributed by atoms with Gasteiger partial charge >= 0.3 is 0 Å². The summed E-state index contributed by atoms with van der Waals surface area (Å²) in [4.78, 5) is 0. The summed E-state index contributed by atoms with van der Waals surface area (Å²) < 4.78 is 0. The first-order valence-electron chi connectivity index (χ1n) is 4.80. The Balaban J connectivity index is 2.62. The summed E-state index contributed by atoms with van der Waals surface area (Å²) in [6.07, 6.45) is 3.00. The van der Waals surface area contributed by atoms with Gasteiger partial charge in [-0.3, -0.25) is 0 Å². The van der Waals surface area contributed by atoms with E-state index < -0.39 is 0 Å². The summed E-state index contributed by atoms with van der Waals surface area (Å²) in [5.41, 5.74) is 15.2. The van der Waals surface area contributed by atoms with Crippen molar-refractivity contribution in [1.82, 2.24) is 0 Å². The van der Waals surface area contributed by atoms with Crippen molar-refractivity contribution in [1.29, 1.82) is 5.26 Å². The summed E-state index contributed by atoms with van der Waals surface area (Å²) >= 11 is 0. The van der Waals surface area contributed by atoms with Crippen LogP contribution in [0.4, 0.5) is 5.69 Å². The van der Waals surface area contributed by atoms with Crippen LogP contribution in [0.15, 0.2) is 12.1 Å². The van der Waals surface area contributed by atoms with E-state index in [9.17, 15) is 0 Å². The minimum atomic E-state index is 0.0503. The quantitative estimate of drug-likeness (QED) is 0.604. The predicted molar refractivity (Wildman–Crippen MR) is 55.4 cm³/mol. The molecule has 0 aliphatic heterocycles. The Bertz CT molecular complexity index is 404. The lowest BCUT2D eigenvalue weighted by molar-refractivity contribution is 0.570. The van der Waals surface area contributed by atoms with Gasteiger partial charge in [-0.15, -0.1) is 0 Å². The minimum Gasteiger partial charge on any atom is -0.399 e. The lowest BCUT2D eigenvalue weighted by atomic mass is 9.85. The van der Waals surface area contributed by atoms with Crippen molar-refractivity contribution in [2.45, 2.75) is 25.3 Å². The molecule has 4 N–H and O–H groups in total. The van der Waals surface area contributed by atoms with Crippen LogP contribution in [0.3, 0.4) is 0 Å². The molecule has 0 heterocycles. The Morgan fingerprint density at radius 3 is 2.93 bits per heavy atom. The first-order valence-corrected chi connectivity index (χ1v) is 4.80. The average molecular weight is 187 g/mol. The predicted octanol–water partition coefficient (Wildman–Crippen LogP) is 1.48. The smallest absolute Gasteiger partial charge is 0.0995 e. The van der Waals surface area contributed by atoms with Gasteiger partial charge in [0.15, 0.2) is 0 Å². The maximum Gasteiger partial charge on any atom is 0.0995 e. The molecule has 0 saturated heterocycles. The highest BCUT2D eigenvalue weighted by Crippen LogP contribution is 2.31. The molecule has 3 nitrogen and oxygen atoms in total. The van der Waals surface area contributed by atoms with Gasteiger partial charge in [-0.25, -0.2) is 0 Å². The van der Waals surface area contributed by atoms with Crippen molar-refractivity contribution in [3.63, 3.8) is 0 Å². The van der Waals surface area contributed by atoms with Gasteiger partial charge in [0.05, 0.1) is 11.6 Å². The van der Waals surface area contributed by atoms with Crippen molar-refractivity contribution in [2.75, 3.05) is 5.73 Å². The lowest BCUT2D eigenvalue weighted by Crippen LogP contribution is -2.18. The maximum atomic E-state index is 8.96. The Morgan fingerprint density at radius 1 is 1.43 bits per heavy atom. The summed E-state index contributed by atoms with van der Waals surface area (Å²) in [5, 5.41) is 8.96. The fraction of sp³-hybridized carbons (Fsp3) is 0.364. The molecule has 0 amide bonds. The molecule has 1 aliphatic rings. The normalized spacial score (nSPS) is 19.9. The van der Waals surface area contributed by atoms with E-state index >= 15 is 0 Å². The molecular formula is C11H13N3. The van der Waals surface area contributed by atoms with E-state index in [0.29, 0.717) is 11.3 Å². The van der Waals surface area contributed by atoms with Gasteiger partial charge in [-0.1, -0.05) is 0 Å². The molecule has 0 fully saturated rings. The molecule has 1 aromatic rings. The summed E-state index contributed by atoms with van der Waals surface area (Å²) in [6, 6.07) is 5.87. The van der Waals surface area contributed by atoms with Crippen LogP contribution in [0.5, 0.6) is 0 Å². The van der Waals surface area contributed by atoms with Gasteiger partial charge in [0.25, 0.3) is 0 Å². The second-order valence-electron chi connectivity index (χ2n) is 3.75. The first kappa shape index (κ1) is 9.04. The van der Waals surface area contributed by atoms with E-state index in [1.807, 2.05) is 6.07 Å². The minimum absolute atomic E-state index is 0.0503. The number of nitriles is 1. The zero-order chi connectivity index (χ0) is 10.1. The van der Waals surface area contributed by atoms with Crippen LogP contribution in [0, 0.1) is 11.3 Å².